The summed E-state index contributed by atoms with van der Waals surface area (Å²) >= 11 is 0. The lowest BCUT2D eigenvalue weighted by atomic mass is 9.89. The molecule has 0 aliphatic heterocycles. The van der Waals surface area contributed by atoms with E-state index in [2.05, 4.69) is 0 Å². The highest BCUT2D eigenvalue weighted by atomic mass is 32.2. The van der Waals surface area contributed by atoms with Crippen molar-refractivity contribution in [3.8, 4) is 5.75 Å². The Bertz CT molecular complexity index is 1260. The first-order chi connectivity index (χ1) is 18.9. The molecule has 222 valence electrons. The summed E-state index contributed by atoms with van der Waals surface area (Å²) in [6.45, 7) is 1.24. The largest absolute Gasteiger partial charge is 0.505 e. The molecule has 0 fully saturated rings. The molecule has 1 aliphatic rings. The number of phenols is 1. The van der Waals surface area contributed by atoms with Crippen LogP contribution < -0.4 is 0 Å². The van der Waals surface area contributed by atoms with Gasteiger partial charge in [0.05, 0.1) is 17.9 Å². The molecule has 0 atom stereocenters. The van der Waals surface area contributed by atoms with Gasteiger partial charge in [-0.2, -0.15) is 13.2 Å². The van der Waals surface area contributed by atoms with Gasteiger partial charge < -0.3 is 10.0 Å². The van der Waals surface area contributed by atoms with Crippen LogP contribution in [-0.4, -0.2) is 56.2 Å². The summed E-state index contributed by atoms with van der Waals surface area (Å²) in [7, 11) is -1.85. The van der Waals surface area contributed by atoms with Gasteiger partial charge in [-0.15, -0.1) is 0 Å². The molecule has 2 aromatic rings. The van der Waals surface area contributed by atoms with Crippen molar-refractivity contribution in [2.75, 3.05) is 31.6 Å². The minimum absolute atomic E-state index is 0.251. The molecule has 0 aromatic heterocycles. The fraction of sp³-hybridized carbons (Fsp3) is 0.533. The number of halogens is 5. The van der Waals surface area contributed by atoms with Crippen molar-refractivity contribution in [1.82, 2.24) is 4.90 Å². The standard InChI is InChI=1S/C30H38F5NO3S/c1-36(19-7-20-40(38,39)21-17-30(33,34)35)18-5-3-2-4-8-25-24(22-11-13-23(31)14-12-22)9-6-10-27-26(25)15-16-28(37)29(27)32/h11-16,37H,2-10,17-21H2,1H3. The van der Waals surface area contributed by atoms with E-state index < -0.39 is 34.0 Å². The number of allylic oxidation sites excluding steroid dienone is 2. The number of hydrogen-bond donors (Lipinski definition) is 1. The number of alkyl halides is 3. The molecule has 4 nitrogen and oxygen atoms in total. The average molecular weight is 588 g/mol. The van der Waals surface area contributed by atoms with Crippen LogP contribution in [0.1, 0.15) is 74.5 Å². The Morgan fingerprint density at radius 3 is 2.25 bits per heavy atom. The number of fused-ring (bicyclic) bond motifs is 1. The smallest absolute Gasteiger partial charge is 0.390 e. The van der Waals surface area contributed by atoms with Crippen molar-refractivity contribution in [3.05, 3.63) is 64.7 Å². The van der Waals surface area contributed by atoms with E-state index in [9.17, 15) is 35.5 Å². The van der Waals surface area contributed by atoms with Crippen LogP contribution in [0.15, 0.2) is 36.4 Å². The van der Waals surface area contributed by atoms with Gasteiger partial charge in [0.15, 0.2) is 21.4 Å². The molecule has 0 spiro atoms. The Labute approximate surface area is 233 Å². The van der Waals surface area contributed by atoms with Gasteiger partial charge in [-0.3, -0.25) is 0 Å². The van der Waals surface area contributed by atoms with Crippen LogP contribution in [0.2, 0.25) is 0 Å². The maximum Gasteiger partial charge on any atom is 0.390 e. The lowest BCUT2D eigenvalue weighted by Gasteiger charge is -2.18. The summed E-state index contributed by atoms with van der Waals surface area (Å²) in [5.74, 6) is -2.36. The van der Waals surface area contributed by atoms with Gasteiger partial charge >= 0.3 is 6.18 Å². The molecule has 0 unspecified atom stereocenters. The Kier molecular flexibility index (Phi) is 11.6. The molecule has 0 saturated carbocycles. The molecule has 0 bridgehead atoms. The second-order valence-corrected chi connectivity index (χ2v) is 12.9. The Hall–Kier alpha value is -2.46. The summed E-state index contributed by atoms with van der Waals surface area (Å²) in [6.07, 6.45) is 0.811. The Morgan fingerprint density at radius 1 is 0.875 bits per heavy atom. The maximum absolute atomic E-state index is 14.8. The molecule has 0 heterocycles. The average Bonchev–Trinajstić information content (AvgIpc) is 3.07. The summed E-state index contributed by atoms with van der Waals surface area (Å²) in [4.78, 5) is 1.99. The second-order valence-electron chi connectivity index (χ2n) is 10.6. The molecule has 0 amide bonds. The zero-order valence-electron chi connectivity index (χ0n) is 22.9. The predicted octanol–water partition coefficient (Wildman–Crippen LogP) is 7.56. The fourth-order valence-electron chi connectivity index (χ4n) is 5.22. The summed E-state index contributed by atoms with van der Waals surface area (Å²) < 4.78 is 88.9. The van der Waals surface area contributed by atoms with Crippen molar-refractivity contribution in [2.45, 2.75) is 70.4 Å². The Balaban J connectivity index is 1.52. The van der Waals surface area contributed by atoms with Gasteiger partial charge in [-0.25, -0.2) is 17.2 Å². The number of sulfone groups is 1. The fourth-order valence-corrected chi connectivity index (χ4v) is 6.54. The number of nitrogens with zero attached hydrogens (tertiary/aromatic N) is 1. The summed E-state index contributed by atoms with van der Waals surface area (Å²) in [5, 5.41) is 9.92. The number of unbranched alkanes of at least 4 members (excludes halogenated alkanes) is 3. The normalized spacial score (nSPS) is 14.5. The number of hydrogen-bond acceptors (Lipinski definition) is 4. The second kappa shape index (κ2) is 14.4. The molecular weight excluding hydrogens is 549 g/mol. The van der Waals surface area contributed by atoms with Crippen LogP contribution in [0, 0.1) is 11.6 Å². The van der Waals surface area contributed by atoms with Crippen LogP contribution in [0.4, 0.5) is 22.0 Å². The molecule has 2 aromatic carbocycles. The maximum atomic E-state index is 14.8. The van der Waals surface area contributed by atoms with Gasteiger partial charge in [0.25, 0.3) is 0 Å². The predicted molar refractivity (Wildman–Crippen MR) is 149 cm³/mol. The quantitative estimate of drug-likeness (QED) is 0.183. The van der Waals surface area contributed by atoms with E-state index >= 15 is 0 Å². The minimum atomic E-state index is -4.47. The van der Waals surface area contributed by atoms with Crippen LogP contribution in [0.3, 0.4) is 0 Å². The van der Waals surface area contributed by atoms with Gasteiger partial charge in [-0.05, 0) is 111 Å². The molecule has 0 radical (unpaired) electrons. The van der Waals surface area contributed by atoms with E-state index in [1.807, 2.05) is 11.9 Å². The van der Waals surface area contributed by atoms with E-state index in [1.54, 1.807) is 18.2 Å². The van der Waals surface area contributed by atoms with Gasteiger partial charge in [0, 0.05) is 0 Å². The van der Waals surface area contributed by atoms with Crippen molar-refractivity contribution < 1.29 is 35.5 Å². The van der Waals surface area contributed by atoms with Gasteiger partial charge in [0.1, 0.15) is 5.82 Å². The highest BCUT2D eigenvalue weighted by molar-refractivity contribution is 7.91. The molecule has 40 heavy (non-hydrogen) atoms. The summed E-state index contributed by atoms with van der Waals surface area (Å²) in [6, 6.07) is 9.53. The first-order valence-electron chi connectivity index (χ1n) is 13.8. The molecule has 1 N–H and O–H groups in total. The van der Waals surface area contributed by atoms with Crippen LogP contribution >= 0.6 is 0 Å². The highest BCUT2D eigenvalue weighted by Gasteiger charge is 2.29. The van der Waals surface area contributed by atoms with Crippen LogP contribution in [0.25, 0.3) is 11.1 Å². The topological polar surface area (TPSA) is 57.6 Å². The third-order valence-electron chi connectivity index (χ3n) is 7.37. The van der Waals surface area contributed by atoms with Crippen molar-refractivity contribution >= 4 is 21.0 Å². The molecule has 1 aliphatic carbocycles. The zero-order valence-corrected chi connectivity index (χ0v) is 23.7. The highest BCUT2D eigenvalue weighted by Crippen LogP contribution is 2.41. The van der Waals surface area contributed by atoms with E-state index in [4.69, 9.17) is 0 Å². The molecule has 3 rings (SSSR count). The van der Waals surface area contributed by atoms with E-state index in [0.717, 1.165) is 73.8 Å². The Morgan fingerprint density at radius 2 is 1.55 bits per heavy atom. The van der Waals surface area contributed by atoms with Crippen LogP contribution in [0.5, 0.6) is 5.75 Å². The van der Waals surface area contributed by atoms with Gasteiger partial charge in [0.2, 0.25) is 0 Å². The zero-order chi connectivity index (χ0) is 29.3. The molecule has 0 saturated heterocycles. The number of aromatic hydroxyl groups is 1. The lowest BCUT2D eigenvalue weighted by molar-refractivity contribution is -0.129. The van der Waals surface area contributed by atoms with E-state index in [0.29, 0.717) is 24.9 Å². The minimum Gasteiger partial charge on any atom is -0.505 e. The third-order valence-corrected chi connectivity index (χ3v) is 9.10. The molecular formula is C30H38F5NO3S. The number of phenolic OH excluding ortho intramolecular Hbond substituents is 1. The SMILES string of the molecule is CN(CCCCCCC1=C(c2ccc(F)cc2)CCCc2c1ccc(O)c2F)CCCS(=O)(=O)CCC(F)(F)F. The number of benzene rings is 2. The molecule has 10 heteroatoms. The number of rotatable bonds is 14. The van der Waals surface area contributed by atoms with E-state index in [-0.39, 0.29) is 17.3 Å². The van der Waals surface area contributed by atoms with Gasteiger partial charge in [-0.1, -0.05) is 31.0 Å². The van der Waals surface area contributed by atoms with Crippen molar-refractivity contribution in [1.29, 1.82) is 0 Å². The van der Waals surface area contributed by atoms with Crippen LogP contribution in [-0.2, 0) is 16.3 Å². The first-order valence-corrected chi connectivity index (χ1v) is 15.6. The third kappa shape index (κ3) is 9.87. The van der Waals surface area contributed by atoms with Crippen molar-refractivity contribution in [3.63, 3.8) is 0 Å². The monoisotopic (exact) mass is 587 g/mol. The van der Waals surface area contributed by atoms with E-state index in [1.165, 1.54) is 18.2 Å². The summed E-state index contributed by atoms with van der Waals surface area (Å²) in [5.41, 5.74) is 4.35. The first kappa shape index (κ1) is 32.1. The lowest BCUT2D eigenvalue weighted by Crippen LogP contribution is -2.24. The van der Waals surface area contributed by atoms with Crippen molar-refractivity contribution in [2.24, 2.45) is 0 Å².